The van der Waals surface area contributed by atoms with E-state index in [9.17, 15) is 18.7 Å². The van der Waals surface area contributed by atoms with Crippen LogP contribution in [0.25, 0.3) is 0 Å². The van der Waals surface area contributed by atoms with E-state index in [0.29, 0.717) is 25.3 Å². The van der Waals surface area contributed by atoms with Gasteiger partial charge in [0.15, 0.2) is 5.67 Å². The van der Waals surface area contributed by atoms with Gasteiger partial charge in [0, 0.05) is 32.1 Å². The second kappa shape index (κ2) is 9.06. The van der Waals surface area contributed by atoms with Gasteiger partial charge >= 0.3 is 0 Å². The molecule has 2 aliphatic heterocycles. The van der Waals surface area contributed by atoms with Crippen molar-refractivity contribution in [3.05, 3.63) is 59.2 Å². The van der Waals surface area contributed by atoms with Gasteiger partial charge in [-0.3, -0.25) is 14.1 Å². The van der Waals surface area contributed by atoms with Gasteiger partial charge in [-0.1, -0.05) is 18.2 Å². The van der Waals surface area contributed by atoms with E-state index in [1.54, 1.807) is 17.0 Å². The molecule has 1 amide bonds. The molecule has 32 heavy (non-hydrogen) atoms. The first-order valence-corrected chi connectivity index (χ1v) is 11.1. The fraction of sp³-hybridized carbons (Fsp3) is 0.480. The maximum Gasteiger partial charge on any atom is 0.260 e. The molecule has 2 aromatic carbocycles. The molecule has 1 atom stereocenters. The Morgan fingerprint density at radius 2 is 1.91 bits per heavy atom. The van der Waals surface area contributed by atoms with Gasteiger partial charge in [-0.05, 0) is 61.2 Å². The summed E-state index contributed by atoms with van der Waals surface area (Å²) < 4.78 is 32.9. The average Bonchev–Trinajstić information content (AvgIpc) is 2.73. The van der Waals surface area contributed by atoms with Crippen LogP contribution in [-0.4, -0.2) is 65.9 Å². The Morgan fingerprint density at radius 3 is 2.56 bits per heavy atom. The Bertz CT molecular complexity index is 953. The predicted molar refractivity (Wildman–Crippen MR) is 118 cm³/mol. The zero-order valence-electron chi connectivity index (χ0n) is 18.6. The molecular formula is C25H30F2N2O3. The van der Waals surface area contributed by atoms with Gasteiger partial charge in [0.2, 0.25) is 0 Å². The number of fused-ring (bicyclic) bond motifs is 1. The number of likely N-dealkylation sites (tertiary alicyclic amines) is 1. The minimum atomic E-state index is -1.98. The number of nitrogens with zero attached hydrogens (tertiary/aromatic N) is 2. The molecule has 0 bridgehead atoms. The smallest absolute Gasteiger partial charge is 0.260 e. The van der Waals surface area contributed by atoms with Gasteiger partial charge in [0.05, 0.1) is 12.7 Å². The Hall–Kier alpha value is -2.67. The first kappa shape index (κ1) is 22.5. The fourth-order valence-electron chi connectivity index (χ4n) is 4.53. The number of alkyl halides is 2. The Balaban J connectivity index is 1.50. The molecule has 0 spiro atoms. The molecule has 7 heteroatoms. The second-order valence-corrected chi connectivity index (χ2v) is 9.20. The summed E-state index contributed by atoms with van der Waals surface area (Å²) in [6, 6.07) is 12.2. The zero-order chi connectivity index (χ0) is 22.9. The number of hydrogen-bond donors (Lipinski definition) is 1. The number of benzene rings is 2. The minimum Gasteiger partial charge on any atom is -0.508 e. The third kappa shape index (κ3) is 4.72. The summed E-state index contributed by atoms with van der Waals surface area (Å²) in [5, 5.41) is 9.88. The quantitative estimate of drug-likeness (QED) is 0.704. The molecule has 0 radical (unpaired) electrons. The lowest BCUT2D eigenvalue weighted by molar-refractivity contribution is -0.144. The van der Waals surface area contributed by atoms with Crippen LogP contribution in [0.1, 0.15) is 36.6 Å². The summed E-state index contributed by atoms with van der Waals surface area (Å²) >= 11 is 0. The van der Waals surface area contributed by atoms with Gasteiger partial charge in [-0.15, -0.1) is 0 Å². The van der Waals surface area contributed by atoms with Crippen molar-refractivity contribution in [1.82, 2.24) is 9.80 Å². The second-order valence-electron chi connectivity index (χ2n) is 9.20. The minimum absolute atomic E-state index is 0.162. The Morgan fingerprint density at radius 1 is 1.19 bits per heavy atom. The van der Waals surface area contributed by atoms with Crippen molar-refractivity contribution in [2.75, 3.05) is 39.5 Å². The van der Waals surface area contributed by atoms with Crippen molar-refractivity contribution >= 4 is 5.91 Å². The Kier molecular flexibility index (Phi) is 6.38. The summed E-state index contributed by atoms with van der Waals surface area (Å²) in [7, 11) is 0. The summed E-state index contributed by atoms with van der Waals surface area (Å²) in [5.74, 6) is 0.496. The number of ether oxygens (including phenoxy) is 1. The third-order valence-electron chi connectivity index (χ3n) is 6.25. The van der Waals surface area contributed by atoms with E-state index in [2.05, 4.69) is 4.90 Å². The van der Waals surface area contributed by atoms with Crippen LogP contribution < -0.4 is 4.74 Å². The first-order chi connectivity index (χ1) is 15.3. The molecule has 2 aromatic rings. The van der Waals surface area contributed by atoms with Crippen LogP contribution in [0.2, 0.25) is 0 Å². The van der Waals surface area contributed by atoms with Crippen molar-refractivity contribution in [3.8, 4) is 11.5 Å². The fourth-order valence-corrected chi connectivity index (χ4v) is 4.53. The number of rotatable bonds is 7. The SMILES string of the molecule is CC(C)(F)C(=O)N1CCc2cc(O)ccc2[C@H]1c1ccc(OCCN2CC(CF)C2)cc1. The van der Waals surface area contributed by atoms with Gasteiger partial charge in [0.25, 0.3) is 5.91 Å². The molecule has 2 aliphatic rings. The topological polar surface area (TPSA) is 53.0 Å². The first-order valence-electron chi connectivity index (χ1n) is 11.1. The molecule has 1 fully saturated rings. The van der Waals surface area contributed by atoms with E-state index >= 15 is 0 Å². The largest absolute Gasteiger partial charge is 0.508 e. The van der Waals surface area contributed by atoms with Crippen molar-refractivity contribution in [3.63, 3.8) is 0 Å². The van der Waals surface area contributed by atoms with E-state index < -0.39 is 17.6 Å². The van der Waals surface area contributed by atoms with Gasteiger partial charge in [-0.25, -0.2) is 4.39 Å². The number of aromatic hydroxyl groups is 1. The Labute approximate surface area is 187 Å². The van der Waals surface area contributed by atoms with Crippen molar-refractivity contribution in [2.24, 2.45) is 5.92 Å². The number of phenols is 1. The predicted octanol–water partition coefficient (Wildman–Crippen LogP) is 3.89. The molecule has 0 saturated carbocycles. The van der Waals surface area contributed by atoms with Gasteiger partial charge in [-0.2, -0.15) is 0 Å². The standard InChI is InChI=1S/C25H30F2N2O3/c1-25(2,27)24(31)29-10-9-19-13-20(30)5-8-22(19)23(29)18-3-6-21(7-4-18)32-12-11-28-15-17(14-26)16-28/h3-8,13,17,23,30H,9-12,14-16H2,1-2H3/t23-/m1/s1. The monoisotopic (exact) mass is 444 g/mol. The number of hydrogen-bond acceptors (Lipinski definition) is 4. The molecule has 5 nitrogen and oxygen atoms in total. The average molecular weight is 445 g/mol. The zero-order valence-corrected chi connectivity index (χ0v) is 18.6. The number of carbonyl (C=O) groups excluding carboxylic acids is 1. The molecule has 0 aromatic heterocycles. The lowest BCUT2D eigenvalue weighted by atomic mass is 9.87. The molecule has 2 heterocycles. The molecule has 0 aliphatic carbocycles. The number of phenolic OH excluding ortho intramolecular Hbond substituents is 1. The summed E-state index contributed by atoms with van der Waals surface area (Å²) in [5.41, 5.74) is 0.723. The van der Waals surface area contributed by atoms with Crippen LogP contribution >= 0.6 is 0 Å². The molecule has 172 valence electrons. The van der Waals surface area contributed by atoms with Crippen LogP contribution in [0, 0.1) is 5.92 Å². The van der Waals surface area contributed by atoms with E-state index in [1.165, 1.54) is 13.8 Å². The van der Waals surface area contributed by atoms with Gasteiger partial charge in [0.1, 0.15) is 18.1 Å². The maximum absolute atomic E-state index is 14.6. The summed E-state index contributed by atoms with van der Waals surface area (Å²) in [4.78, 5) is 16.6. The molecule has 4 rings (SSSR count). The van der Waals surface area contributed by atoms with Crippen molar-refractivity contribution < 1.29 is 23.4 Å². The lowest BCUT2D eigenvalue weighted by Crippen LogP contribution is -2.49. The van der Waals surface area contributed by atoms with Crippen LogP contribution in [-0.2, 0) is 11.2 Å². The third-order valence-corrected chi connectivity index (χ3v) is 6.25. The number of amides is 1. The summed E-state index contributed by atoms with van der Waals surface area (Å²) in [6.45, 7) is 5.51. The highest BCUT2D eigenvalue weighted by atomic mass is 19.1. The lowest BCUT2D eigenvalue weighted by Gasteiger charge is -2.39. The van der Waals surface area contributed by atoms with Crippen LogP contribution in [0.3, 0.4) is 0 Å². The number of halogens is 2. The summed E-state index contributed by atoms with van der Waals surface area (Å²) in [6.07, 6.45) is 0.559. The van der Waals surface area contributed by atoms with E-state index in [-0.39, 0.29) is 18.3 Å². The van der Waals surface area contributed by atoms with E-state index in [1.807, 2.05) is 30.3 Å². The normalized spacial score (nSPS) is 19.4. The number of carbonyl (C=O) groups is 1. The highest BCUT2D eigenvalue weighted by Crippen LogP contribution is 2.38. The highest BCUT2D eigenvalue weighted by Gasteiger charge is 2.39. The molecule has 0 unspecified atom stereocenters. The van der Waals surface area contributed by atoms with Crippen LogP contribution in [0.15, 0.2) is 42.5 Å². The molecule has 1 saturated heterocycles. The van der Waals surface area contributed by atoms with Crippen molar-refractivity contribution in [2.45, 2.75) is 32.0 Å². The van der Waals surface area contributed by atoms with Crippen LogP contribution in [0.4, 0.5) is 8.78 Å². The molecular weight excluding hydrogens is 414 g/mol. The van der Waals surface area contributed by atoms with Gasteiger partial charge < -0.3 is 14.7 Å². The van der Waals surface area contributed by atoms with E-state index in [4.69, 9.17) is 4.74 Å². The van der Waals surface area contributed by atoms with Crippen molar-refractivity contribution in [1.29, 1.82) is 0 Å². The van der Waals surface area contributed by atoms with Crippen LogP contribution in [0.5, 0.6) is 11.5 Å². The van der Waals surface area contributed by atoms with E-state index in [0.717, 1.165) is 36.3 Å². The highest BCUT2D eigenvalue weighted by molar-refractivity contribution is 5.85. The molecule has 1 N–H and O–H groups in total. The maximum atomic E-state index is 14.6.